The van der Waals surface area contributed by atoms with Crippen LogP contribution in [0.3, 0.4) is 0 Å². The van der Waals surface area contributed by atoms with Crippen LogP contribution in [0.5, 0.6) is 0 Å². The number of hydrogen-bond acceptors (Lipinski definition) is 9. The van der Waals surface area contributed by atoms with Gasteiger partial charge in [0.05, 0.1) is 19.8 Å². The summed E-state index contributed by atoms with van der Waals surface area (Å²) in [5.74, 6) is -6.91. The number of methoxy groups -OCH3 is 1. The molecule has 0 bridgehead atoms. The Balaban J connectivity index is 2.79. The Morgan fingerprint density at radius 1 is 0.442 bits per heavy atom. The van der Waals surface area contributed by atoms with Gasteiger partial charge >= 0.3 is 5.97 Å². The smallest absolute Gasteiger partial charge is 0.318 e. The molecule has 0 amide bonds. The number of hydrogen-bond donors (Lipinski definition) is 4. The lowest BCUT2D eigenvalue weighted by Crippen LogP contribution is -2.79. The van der Waals surface area contributed by atoms with Crippen LogP contribution in [-0.2, 0) is 23.7 Å². The Labute approximate surface area is 320 Å². The monoisotopic (exact) mass is 747 g/mol. The van der Waals surface area contributed by atoms with Crippen LogP contribution in [0.1, 0.15) is 213 Å². The average Bonchev–Trinajstić information content (AvgIpc) is 3.16. The Morgan fingerprint density at radius 2 is 0.750 bits per heavy atom. The van der Waals surface area contributed by atoms with Crippen LogP contribution in [0.4, 0.5) is 0 Å². The van der Waals surface area contributed by atoms with Gasteiger partial charge in [-0.15, -0.1) is 0 Å². The highest BCUT2D eigenvalue weighted by Gasteiger charge is 2.71. The zero-order valence-electron chi connectivity index (χ0n) is 34.5. The lowest BCUT2D eigenvalue weighted by atomic mass is 9.90. The zero-order chi connectivity index (χ0) is 38.2. The second-order valence-corrected chi connectivity index (χ2v) is 15.5. The Morgan fingerprint density at radius 3 is 1.08 bits per heavy atom. The standard InChI is InChI=1S/C43H86O9/c1-5-8-11-14-17-20-23-26-29-32-35-49-41(38-44)39(45)42(47,50-36-33-30-27-24-21-18-15-12-9-6-2)40(46)43(48-4,52-41)51-37-34-31-28-25-22-19-16-13-10-7-3/h39-40,44-47H,5-38H2,1-4H3/t39-,40-,41?,42+,43-/m0/s1. The van der Waals surface area contributed by atoms with E-state index in [9.17, 15) is 20.4 Å². The van der Waals surface area contributed by atoms with Crippen molar-refractivity contribution in [3.05, 3.63) is 0 Å². The average molecular weight is 747 g/mol. The van der Waals surface area contributed by atoms with Crippen molar-refractivity contribution in [3.8, 4) is 0 Å². The first-order valence-corrected chi connectivity index (χ1v) is 22.2. The SMILES string of the molecule is CCCCCCCCCCCCOC1(CO)O[C@@](OC)(OCCCCCCCCCCCC)[C@@H](O)[C@](O)(OCCCCCCCCCCCC)[C@H]1O. The second kappa shape index (κ2) is 31.8. The predicted molar refractivity (Wildman–Crippen MR) is 211 cm³/mol. The highest BCUT2D eigenvalue weighted by atomic mass is 16.9. The number of unbranched alkanes of at least 4 members (excludes halogenated alkanes) is 27. The predicted octanol–water partition coefficient (Wildman–Crippen LogP) is 10.2. The largest absolute Gasteiger partial charge is 0.391 e. The maximum atomic E-state index is 11.9. The van der Waals surface area contributed by atoms with Crippen molar-refractivity contribution in [2.24, 2.45) is 0 Å². The molecule has 1 rings (SSSR count). The first-order chi connectivity index (χ1) is 25.3. The van der Waals surface area contributed by atoms with Crippen molar-refractivity contribution in [2.45, 2.75) is 243 Å². The van der Waals surface area contributed by atoms with Gasteiger partial charge in [-0.2, -0.15) is 0 Å². The minimum absolute atomic E-state index is 0.0965. The van der Waals surface area contributed by atoms with E-state index in [4.69, 9.17) is 23.7 Å². The molecule has 52 heavy (non-hydrogen) atoms. The fourth-order valence-corrected chi connectivity index (χ4v) is 7.29. The van der Waals surface area contributed by atoms with E-state index in [1.807, 2.05) is 0 Å². The van der Waals surface area contributed by atoms with Crippen LogP contribution in [0, 0.1) is 0 Å². The van der Waals surface area contributed by atoms with E-state index in [0.717, 1.165) is 51.4 Å². The molecule has 1 heterocycles. The summed E-state index contributed by atoms with van der Waals surface area (Å²) < 4.78 is 29.9. The highest BCUT2D eigenvalue weighted by Crippen LogP contribution is 2.45. The molecule has 1 aliphatic heterocycles. The molecule has 312 valence electrons. The minimum atomic E-state index is -2.56. The molecule has 0 radical (unpaired) electrons. The highest BCUT2D eigenvalue weighted by molar-refractivity contribution is 5.03. The maximum absolute atomic E-state index is 11.9. The summed E-state index contributed by atoms with van der Waals surface area (Å²) in [7, 11) is 1.31. The van der Waals surface area contributed by atoms with Crippen molar-refractivity contribution in [3.63, 3.8) is 0 Å². The molecule has 1 fully saturated rings. The molecule has 0 saturated carbocycles. The number of aliphatic hydroxyl groups is 4. The van der Waals surface area contributed by atoms with Gasteiger partial charge < -0.3 is 39.4 Å². The molecule has 0 aromatic heterocycles. The summed E-state index contributed by atoms with van der Waals surface area (Å²) in [4.78, 5) is 0. The quantitative estimate of drug-likeness (QED) is 0.0361. The van der Waals surface area contributed by atoms with Crippen LogP contribution in [0.15, 0.2) is 0 Å². The summed E-state index contributed by atoms with van der Waals surface area (Å²) in [5, 5.41) is 45.7. The van der Waals surface area contributed by atoms with E-state index < -0.39 is 36.4 Å². The lowest BCUT2D eigenvalue weighted by molar-refractivity contribution is -0.550. The van der Waals surface area contributed by atoms with Crippen molar-refractivity contribution >= 4 is 0 Å². The molecule has 1 aliphatic rings. The van der Waals surface area contributed by atoms with E-state index in [1.165, 1.54) is 129 Å². The normalized spacial score (nSPS) is 24.9. The van der Waals surface area contributed by atoms with Gasteiger partial charge in [0.2, 0.25) is 11.6 Å². The molecule has 0 aliphatic carbocycles. The molecule has 9 heteroatoms. The van der Waals surface area contributed by atoms with Crippen molar-refractivity contribution in [1.82, 2.24) is 0 Å². The van der Waals surface area contributed by atoms with E-state index in [2.05, 4.69) is 20.8 Å². The van der Waals surface area contributed by atoms with Crippen LogP contribution in [-0.4, -0.2) is 83.7 Å². The topological polar surface area (TPSA) is 127 Å². The lowest BCUT2D eigenvalue weighted by Gasteiger charge is -2.55. The van der Waals surface area contributed by atoms with Crippen LogP contribution in [0.2, 0.25) is 0 Å². The Bertz CT molecular complexity index is 699. The zero-order valence-corrected chi connectivity index (χ0v) is 34.5. The molecule has 5 atom stereocenters. The molecule has 4 N–H and O–H groups in total. The van der Waals surface area contributed by atoms with Crippen LogP contribution in [0.25, 0.3) is 0 Å². The number of aliphatic hydroxyl groups excluding tert-OH is 3. The van der Waals surface area contributed by atoms with Crippen molar-refractivity contribution in [2.75, 3.05) is 33.5 Å². The van der Waals surface area contributed by atoms with Gasteiger partial charge in [0.25, 0.3) is 0 Å². The first-order valence-electron chi connectivity index (χ1n) is 22.2. The molecule has 0 aromatic rings. The summed E-state index contributed by atoms with van der Waals surface area (Å²) in [6.45, 7) is 6.36. The van der Waals surface area contributed by atoms with Crippen molar-refractivity contribution in [1.29, 1.82) is 0 Å². The van der Waals surface area contributed by atoms with Crippen molar-refractivity contribution < 1.29 is 44.1 Å². The van der Waals surface area contributed by atoms with Gasteiger partial charge in [-0.3, -0.25) is 4.74 Å². The summed E-state index contributed by atoms with van der Waals surface area (Å²) in [6.07, 6.45) is 30.6. The van der Waals surface area contributed by atoms with Gasteiger partial charge in [0.1, 0.15) is 6.61 Å². The fraction of sp³-hybridized carbons (Fsp3) is 1.00. The third-order valence-electron chi connectivity index (χ3n) is 10.8. The van der Waals surface area contributed by atoms with Gasteiger partial charge in [0.15, 0.2) is 12.2 Å². The molecular formula is C43H86O9. The van der Waals surface area contributed by atoms with Gasteiger partial charge in [-0.25, -0.2) is 0 Å². The number of ether oxygens (including phenoxy) is 5. The van der Waals surface area contributed by atoms with Gasteiger partial charge in [-0.05, 0) is 19.3 Å². The first kappa shape index (κ1) is 49.7. The summed E-state index contributed by atoms with van der Waals surface area (Å²) >= 11 is 0. The Kier molecular flexibility index (Phi) is 30.4. The third-order valence-corrected chi connectivity index (χ3v) is 10.8. The van der Waals surface area contributed by atoms with Crippen LogP contribution < -0.4 is 0 Å². The second-order valence-electron chi connectivity index (χ2n) is 15.5. The summed E-state index contributed by atoms with van der Waals surface area (Å²) in [6, 6.07) is 0. The molecular weight excluding hydrogens is 660 g/mol. The van der Waals surface area contributed by atoms with E-state index in [1.54, 1.807) is 0 Å². The Hall–Kier alpha value is -0.360. The third kappa shape index (κ3) is 19.5. The maximum Gasteiger partial charge on any atom is 0.318 e. The van der Waals surface area contributed by atoms with E-state index in [0.29, 0.717) is 19.3 Å². The summed E-state index contributed by atoms with van der Waals surface area (Å²) in [5.41, 5.74) is 0. The van der Waals surface area contributed by atoms with Crippen LogP contribution >= 0.6 is 0 Å². The minimum Gasteiger partial charge on any atom is -0.391 e. The fourth-order valence-electron chi connectivity index (χ4n) is 7.29. The van der Waals surface area contributed by atoms with E-state index >= 15 is 0 Å². The molecule has 0 aromatic carbocycles. The number of rotatable bonds is 38. The van der Waals surface area contributed by atoms with E-state index in [-0.39, 0.29) is 19.8 Å². The molecule has 0 spiro atoms. The van der Waals surface area contributed by atoms with Gasteiger partial charge in [-0.1, -0.05) is 194 Å². The van der Waals surface area contributed by atoms with Gasteiger partial charge in [0, 0.05) is 7.11 Å². The molecule has 1 unspecified atom stereocenters. The molecule has 9 nitrogen and oxygen atoms in total. The molecule has 1 saturated heterocycles.